The number of hydrazone groups is 2. The van der Waals surface area contributed by atoms with Crippen LogP contribution in [-0.4, -0.2) is 34.5 Å². The highest BCUT2D eigenvalue weighted by molar-refractivity contribution is 6.16. The molecule has 0 aromatic heterocycles. The number of rotatable bonds is 7. The standard InChI is InChI=1S/C18H18N4O4/c23-15(13-7-3-1-4-8-13)17(25)21-19-11-12-20-22-18(26)16(24)14-9-5-2-6-10-14/h1-12,15-16,23-24H,(H,21,25)(H,22,26)/b19-11+,20-12+/t15-,16-/m0/s1. The lowest BCUT2D eigenvalue weighted by atomic mass is 10.1. The van der Waals surface area contributed by atoms with Crippen LogP contribution in [0.3, 0.4) is 0 Å². The third kappa shape index (κ3) is 5.62. The van der Waals surface area contributed by atoms with E-state index in [2.05, 4.69) is 21.1 Å². The summed E-state index contributed by atoms with van der Waals surface area (Å²) in [5.74, 6) is -1.41. The smallest absolute Gasteiger partial charge is 0.273 e. The average Bonchev–Trinajstić information content (AvgIpc) is 2.70. The molecule has 4 N–H and O–H groups in total. The van der Waals surface area contributed by atoms with Crippen LogP contribution in [0.2, 0.25) is 0 Å². The van der Waals surface area contributed by atoms with Gasteiger partial charge in [-0.3, -0.25) is 9.59 Å². The summed E-state index contributed by atoms with van der Waals surface area (Å²) in [5.41, 5.74) is 5.17. The fourth-order valence-corrected chi connectivity index (χ4v) is 1.96. The maximum absolute atomic E-state index is 11.7. The van der Waals surface area contributed by atoms with E-state index in [0.29, 0.717) is 11.1 Å². The largest absolute Gasteiger partial charge is 0.378 e. The van der Waals surface area contributed by atoms with E-state index in [1.54, 1.807) is 60.7 Å². The van der Waals surface area contributed by atoms with Gasteiger partial charge in [-0.25, -0.2) is 10.9 Å². The van der Waals surface area contributed by atoms with Gasteiger partial charge in [0.15, 0.2) is 12.2 Å². The lowest BCUT2D eigenvalue weighted by molar-refractivity contribution is -0.130. The first-order chi connectivity index (χ1) is 12.6. The van der Waals surface area contributed by atoms with Gasteiger partial charge in [0.2, 0.25) is 0 Å². The zero-order chi connectivity index (χ0) is 18.8. The molecule has 2 aromatic rings. The molecule has 0 bridgehead atoms. The van der Waals surface area contributed by atoms with Crippen molar-refractivity contribution in [2.24, 2.45) is 10.2 Å². The van der Waals surface area contributed by atoms with E-state index < -0.39 is 24.0 Å². The number of nitrogens with one attached hydrogen (secondary N) is 2. The number of nitrogens with zero attached hydrogens (tertiary/aromatic N) is 2. The Morgan fingerprint density at radius 2 is 1.08 bits per heavy atom. The molecule has 0 saturated carbocycles. The van der Waals surface area contributed by atoms with Crippen molar-refractivity contribution in [1.82, 2.24) is 10.9 Å². The molecule has 2 aromatic carbocycles. The van der Waals surface area contributed by atoms with Gasteiger partial charge in [0, 0.05) is 0 Å². The molecule has 0 heterocycles. The van der Waals surface area contributed by atoms with Gasteiger partial charge in [-0.2, -0.15) is 10.2 Å². The number of hydrogen-bond donors (Lipinski definition) is 4. The lowest BCUT2D eigenvalue weighted by Crippen LogP contribution is -2.26. The van der Waals surface area contributed by atoms with Crippen LogP contribution >= 0.6 is 0 Å². The van der Waals surface area contributed by atoms with Crippen LogP contribution in [0, 0.1) is 0 Å². The number of amides is 2. The maximum atomic E-state index is 11.7. The van der Waals surface area contributed by atoms with Gasteiger partial charge in [0.05, 0.1) is 12.4 Å². The van der Waals surface area contributed by atoms with Crippen LogP contribution in [0.15, 0.2) is 70.9 Å². The third-order valence-corrected chi connectivity index (χ3v) is 3.29. The zero-order valence-corrected chi connectivity index (χ0v) is 13.7. The van der Waals surface area contributed by atoms with Gasteiger partial charge in [0.1, 0.15) is 0 Å². The molecule has 0 aliphatic heterocycles. The van der Waals surface area contributed by atoms with Crippen LogP contribution in [-0.2, 0) is 9.59 Å². The normalized spacial score (nSPS) is 13.5. The van der Waals surface area contributed by atoms with Crippen LogP contribution in [0.5, 0.6) is 0 Å². The third-order valence-electron chi connectivity index (χ3n) is 3.29. The number of aliphatic hydroxyl groups excluding tert-OH is 2. The van der Waals surface area contributed by atoms with Gasteiger partial charge < -0.3 is 10.2 Å². The number of aliphatic hydroxyl groups is 2. The van der Waals surface area contributed by atoms with Gasteiger partial charge in [0.25, 0.3) is 11.8 Å². The Bertz CT molecular complexity index is 711. The number of hydrogen-bond acceptors (Lipinski definition) is 6. The summed E-state index contributed by atoms with van der Waals surface area (Å²) in [7, 11) is 0. The molecule has 0 spiro atoms. The van der Waals surface area contributed by atoms with Crippen LogP contribution in [0.1, 0.15) is 23.3 Å². The second-order valence-corrected chi connectivity index (χ2v) is 5.13. The maximum Gasteiger partial charge on any atom is 0.273 e. The first-order valence-corrected chi connectivity index (χ1v) is 7.70. The highest BCUT2D eigenvalue weighted by Crippen LogP contribution is 2.12. The Hall–Kier alpha value is -3.36. The number of carbonyl (C=O) groups is 2. The van der Waals surface area contributed by atoms with Crippen molar-refractivity contribution in [3.63, 3.8) is 0 Å². The van der Waals surface area contributed by atoms with E-state index in [9.17, 15) is 19.8 Å². The molecule has 2 atom stereocenters. The van der Waals surface area contributed by atoms with E-state index in [1.807, 2.05) is 0 Å². The summed E-state index contributed by atoms with van der Waals surface area (Å²) in [6.45, 7) is 0. The lowest BCUT2D eigenvalue weighted by Gasteiger charge is -2.08. The van der Waals surface area contributed by atoms with Crippen molar-refractivity contribution >= 4 is 24.2 Å². The van der Waals surface area contributed by atoms with Gasteiger partial charge in [-0.15, -0.1) is 0 Å². The van der Waals surface area contributed by atoms with Crippen molar-refractivity contribution < 1.29 is 19.8 Å². The summed E-state index contributed by atoms with van der Waals surface area (Å²) in [6, 6.07) is 16.8. The van der Waals surface area contributed by atoms with Crippen molar-refractivity contribution in [3.05, 3.63) is 71.8 Å². The molecule has 2 amide bonds. The molecule has 0 radical (unpaired) electrons. The highest BCUT2D eigenvalue weighted by atomic mass is 16.3. The minimum absolute atomic E-state index is 0.441. The van der Waals surface area contributed by atoms with E-state index in [4.69, 9.17) is 0 Å². The van der Waals surface area contributed by atoms with E-state index in [0.717, 1.165) is 12.4 Å². The summed E-state index contributed by atoms with van der Waals surface area (Å²) < 4.78 is 0. The van der Waals surface area contributed by atoms with E-state index in [-0.39, 0.29) is 0 Å². The quantitative estimate of drug-likeness (QED) is 0.431. The molecule has 0 fully saturated rings. The monoisotopic (exact) mass is 354 g/mol. The fraction of sp³-hybridized carbons (Fsp3) is 0.111. The Labute approximate surface area is 149 Å². The van der Waals surface area contributed by atoms with E-state index >= 15 is 0 Å². The van der Waals surface area contributed by atoms with Crippen LogP contribution in [0.25, 0.3) is 0 Å². The van der Waals surface area contributed by atoms with Crippen molar-refractivity contribution in [3.8, 4) is 0 Å². The SMILES string of the molecule is O=C(N/N=C/C=N/NC(=O)[C@@H](O)c1ccccc1)[C@@H](O)c1ccccc1. The summed E-state index contributed by atoms with van der Waals surface area (Å²) in [6.07, 6.45) is -0.452. The van der Waals surface area contributed by atoms with Crippen molar-refractivity contribution in [2.75, 3.05) is 0 Å². The first kappa shape index (κ1) is 19.0. The predicted molar refractivity (Wildman–Crippen MR) is 96.1 cm³/mol. The number of benzene rings is 2. The molecular weight excluding hydrogens is 336 g/mol. The molecule has 8 nitrogen and oxygen atoms in total. The molecule has 8 heteroatoms. The van der Waals surface area contributed by atoms with Crippen LogP contribution in [0.4, 0.5) is 0 Å². The molecular formula is C18H18N4O4. The minimum atomic E-state index is -1.34. The highest BCUT2D eigenvalue weighted by Gasteiger charge is 2.16. The summed E-state index contributed by atoms with van der Waals surface area (Å²) in [4.78, 5) is 23.4. The van der Waals surface area contributed by atoms with Crippen molar-refractivity contribution in [2.45, 2.75) is 12.2 Å². The number of carbonyl (C=O) groups excluding carboxylic acids is 2. The molecule has 134 valence electrons. The molecule has 26 heavy (non-hydrogen) atoms. The Balaban J connectivity index is 1.76. The summed E-state index contributed by atoms with van der Waals surface area (Å²) in [5, 5.41) is 26.8. The molecule has 0 unspecified atom stereocenters. The molecule has 2 rings (SSSR count). The Morgan fingerprint density at radius 1 is 0.731 bits per heavy atom. The zero-order valence-electron chi connectivity index (χ0n) is 13.7. The molecule has 0 saturated heterocycles. The summed E-state index contributed by atoms with van der Waals surface area (Å²) >= 11 is 0. The predicted octanol–water partition coefficient (Wildman–Crippen LogP) is 0.658. The topological polar surface area (TPSA) is 123 Å². The van der Waals surface area contributed by atoms with Crippen molar-refractivity contribution in [1.29, 1.82) is 0 Å². The second-order valence-electron chi connectivity index (χ2n) is 5.13. The fourth-order valence-electron chi connectivity index (χ4n) is 1.96. The first-order valence-electron chi connectivity index (χ1n) is 7.70. The van der Waals surface area contributed by atoms with Gasteiger partial charge in [-0.1, -0.05) is 60.7 Å². The Kier molecular flexibility index (Phi) is 7.17. The second kappa shape index (κ2) is 9.82. The molecule has 0 aliphatic carbocycles. The Morgan fingerprint density at radius 3 is 1.42 bits per heavy atom. The average molecular weight is 354 g/mol. The van der Waals surface area contributed by atoms with Gasteiger partial charge in [-0.05, 0) is 11.1 Å². The van der Waals surface area contributed by atoms with Gasteiger partial charge >= 0.3 is 0 Å². The molecule has 0 aliphatic rings. The van der Waals surface area contributed by atoms with E-state index in [1.165, 1.54) is 0 Å². The van der Waals surface area contributed by atoms with Crippen LogP contribution < -0.4 is 10.9 Å². The minimum Gasteiger partial charge on any atom is -0.378 e.